The fourth-order valence-electron chi connectivity index (χ4n) is 2.55. The molecule has 0 rings (SSSR count). The van der Waals surface area contributed by atoms with E-state index < -0.39 is 0 Å². The van der Waals surface area contributed by atoms with E-state index in [1.54, 1.807) is 0 Å². The van der Waals surface area contributed by atoms with Crippen molar-refractivity contribution in [1.82, 2.24) is 0 Å². The van der Waals surface area contributed by atoms with Crippen LogP contribution in [0.4, 0.5) is 0 Å². The van der Waals surface area contributed by atoms with Crippen molar-refractivity contribution in [3.8, 4) is 0 Å². The third kappa shape index (κ3) is 12.8. The van der Waals surface area contributed by atoms with Crippen molar-refractivity contribution < 1.29 is 23.7 Å². The van der Waals surface area contributed by atoms with Crippen LogP contribution < -0.4 is 0 Å². The normalized spacial score (nSPS) is 13.2. The molecule has 140 valence electrons. The maximum atomic E-state index is 5.84. The fraction of sp³-hybridized carbons (Fsp3) is 1.00. The molecule has 0 radical (unpaired) electrons. The van der Waals surface area contributed by atoms with Gasteiger partial charge in [0.15, 0.2) is 12.6 Å². The molecule has 0 fully saturated rings. The first-order valence-electron chi connectivity index (χ1n) is 9.29. The van der Waals surface area contributed by atoms with E-state index in [0.29, 0.717) is 26.4 Å². The molecule has 0 saturated heterocycles. The van der Waals surface area contributed by atoms with Crippen LogP contribution in [0.2, 0.25) is 0 Å². The molecule has 0 aliphatic rings. The molecule has 5 heteroatoms. The summed E-state index contributed by atoms with van der Waals surface area (Å²) in [6, 6.07) is 0. The Morgan fingerprint density at radius 1 is 0.522 bits per heavy atom. The van der Waals surface area contributed by atoms with E-state index in [1.165, 1.54) is 0 Å². The van der Waals surface area contributed by atoms with Gasteiger partial charge in [-0.3, -0.25) is 0 Å². The Kier molecular flexibility index (Phi) is 16.5. The number of hydrogen-bond acceptors (Lipinski definition) is 5. The highest BCUT2D eigenvalue weighted by molar-refractivity contribution is 4.62. The van der Waals surface area contributed by atoms with Crippen molar-refractivity contribution in [1.29, 1.82) is 0 Å². The van der Waals surface area contributed by atoms with E-state index in [1.807, 2.05) is 34.6 Å². The van der Waals surface area contributed by atoms with Gasteiger partial charge in [-0.2, -0.15) is 0 Å². The summed E-state index contributed by atoms with van der Waals surface area (Å²) in [5.41, 5.74) is 0. The zero-order valence-electron chi connectivity index (χ0n) is 15.8. The highest BCUT2D eigenvalue weighted by Gasteiger charge is 2.17. The smallest absolute Gasteiger partial charge is 0.160 e. The van der Waals surface area contributed by atoms with Gasteiger partial charge < -0.3 is 23.7 Å². The Hall–Kier alpha value is -0.200. The van der Waals surface area contributed by atoms with Gasteiger partial charge in [0.2, 0.25) is 0 Å². The van der Waals surface area contributed by atoms with E-state index in [9.17, 15) is 0 Å². The molecule has 1 unspecified atom stereocenters. The van der Waals surface area contributed by atoms with Gasteiger partial charge >= 0.3 is 0 Å². The van der Waals surface area contributed by atoms with Crippen molar-refractivity contribution in [2.75, 3.05) is 33.0 Å². The van der Waals surface area contributed by atoms with Gasteiger partial charge in [-0.1, -0.05) is 6.42 Å². The van der Waals surface area contributed by atoms with Gasteiger partial charge in [-0.25, -0.2) is 0 Å². The van der Waals surface area contributed by atoms with Crippen LogP contribution in [0.15, 0.2) is 0 Å². The minimum absolute atomic E-state index is 0.0739. The van der Waals surface area contributed by atoms with Gasteiger partial charge in [-0.05, 0) is 53.9 Å². The summed E-state index contributed by atoms with van der Waals surface area (Å²) in [5, 5.41) is 0. The van der Waals surface area contributed by atoms with Crippen LogP contribution in [-0.2, 0) is 23.7 Å². The molecule has 5 nitrogen and oxygen atoms in total. The third-order valence-electron chi connectivity index (χ3n) is 3.48. The van der Waals surface area contributed by atoms with E-state index in [-0.39, 0.29) is 18.7 Å². The lowest BCUT2D eigenvalue weighted by molar-refractivity contribution is -0.158. The van der Waals surface area contributed by atoms with Crippen LogP contribution >= 0.6 is 0 Å². The van der Waals surface area contributed by atoms with Crippen molar-refractivity contribution in [3.05, 3.63) is 0 Å². The lowest BCUT2D eigenvalue weighted by Crippen LogP contribution is -2.26. The summed E-state index contributed by atoms with van der Waals surface area (Å²) in [4.78, 5) is 0. The number of rotatable bonds is 17. The molecule has 0 amide bonds. The maximum absolute atomic E-state index is 5.84. The lowest BCUT2D eigenvalue weighted by Gasteiger charge is -2.24. The summed E-state index contributed by atoms with van der Waals surface area (Å²) in [5.74, 6) is 0. The average Bonchev–Trinajstić information content (AvgIpc) is 2.52. The molecular formula is C18H38O5. The summed E-state index contributed by atoms with van der Waals surface area (Å²) >= 11 is 0. The second kappa shape index (κ2) is 16.7. The molecule has 0 aromatic carbocycles. The molecular weight excluding hydrogens is 296 g/mol. The van der Waals surface area contributed by atoms with Crippen molar-refractivity contribution in [2.45, 2.75) is 85.4 Å². The fourth-order valence-corrected chi connectivity index (χ4v) is 2.55. The van der Waals surface area contributed by atoms with Crippen LogP contribution in [-0.4, -0.2) is 51.7 Å². The van der Waals surface area contributed by atoms with Gasteiger partial charge in [0.05, 0.1) is 6.10 Å². The molecule has 23 heavy (non-hydrogen) atoms. The predicted octanol–water partition coefficient (Wildman–Crippen LogP) is 4.14. The van der Waals surface area contributed by atoms with Crippen LogP contribution in [0.3, 0.4) is 0 Å². The standard InChI is InChI=1S/C18H38O5/c1-6-19-16(15-18(22-9-4)23-10-5)13-11-12-14-17(20-7-2)21-8-3/h16-18H,6-15H2,1-5H3. The van der Waals surface area contributed by atoms with E-state index in [2.05, 4.69) is 0 Å². The van der Waals surface area contributed by atoms with E-state index in [0.717, 1.165) is 38.7 Å². The zero-order valence-corrected chi connectivity index (χ0v) is 15.8. The number of hydrogen-bond donors (Lipinski definition) is 0. The Morgan fingerprint density at radius 2 is 0.957 bits per heavy atom. The van der Waals surface area contributed by atoms with Gasteiger partial charge in [0.1, 0.15) is 0 Å². The molecule has 1 atom stereocenters. The Morgan fingerprint density at radius 3 is 1.43 bits per heavy atom. The summed E-state index contributed by atoms with van der Waals surface area (Å²) < 4.78 is 28.2. The largest absolute Gasteiger partial charge is 0.378 e. The topological polar surface area (TPSA) is 46.2 Å². The molecule has 0 aromatic heterocycles. The molecule has 0 aliphatic heterocycles. The third-order valence-corrected chi connectivity index (χ3v) is 3.48. The van der Waals surface area contributed by atoms with Crippen LogP contribution in [0.25, 0.3) is 0 Å². The molecule has 0 N–H and O–H groups in total. The number of unbranched alkanes of at least 4 members (excludes halogenated alkanes) is 1. The first-order valence-corrected chi connectivity index (χ1v) is 9.29. The first kappa shape index (κ1) is 22.8. The van der Waals surface area contributed by atoms with Gasteiger partial charge in [0, 0.05) is 39.5 Å². The first-order chi connectivity index (χ1) is 11.2. The second-order valence-electron chi connectivity index (χ2n) is 5.28. The highest BCUT2D eigenvalue weighted by Crippen LogP contribution is 2.16. The van der Waals surface area contributed by atoms with Crippen LogP contribution in [0.5, 0.6) is 0 Å². The molecule has 0 heterocycles. The Bertz CT molecular complexity index is 225. The minimum Gasteiger partial charge on any atom is -0.378 e. The lowest BCUT2D eigenvalue weighted by atomic mass is 10.1. The molecule has 0 bridgehead atoms. The maximum Gasteiger partial charge on any atom is 0.160 e. The Labute approximate surface area is 143 Å². The highest BCUT2D eigenvalue weighted by atomic mass is 16.7. The second-order valence-corrected chi connectivity index (χ2v) is 5.28. The molecule has 0 spiro atoms. The zero-order chi connectivity index (χ0) is 17.3. The molecule has 0 aliphatic carbocycles. The van der Waals surface area contributed by atoms with Crippen LogP contribution in [0.1, 0.15) is 66.7 Å². The monoisotopic (exact) mass is 334 g/mol. The average molecular weight is 334 g/mol. The number of ether oxygens (including phenoxy) is 5. The van der Waals surface area contributed by atoms with Gasteiger partial charge in [0.25, 0.3) is 0 Å². The van der Waals surface area contributed by atoms with Crippen molar-refractivity contribution in [2.24, 2.45) is 0 Å². The minimum atomic E-state index is -0.166. The van der Waals surface area contributed by atoms with Crippen LogP contribution in [0, 0.1) is 0 Å². The van der Waals surface area contributed by atoms with Crippen molar-refractivity contribution in [3.63, 3.8) is 0 Å². The van der Waals surface area contributed by atoms with Gasteiger partial charge in [-0.15, -0.1) is 0 Å². The quantitative estimate of drug-likeness (QED) is 0.295. The molecule has 0 saturated carbocycles. The SMILES string of the molecule is CCOC(CCCCC(OCC)OCC)CC(OCC)OCC. The van der Waals surface area contributed by atoms with E-state index >= 15 is 0 Å². The van der Waals surface area contributed by atoms with E-state index in [4.69, 9.17) is 23.7 Å². The molecule has 0 aromatic rings. The summed E-state index contributed by atoms with van der Waals surface area (Å²) in [6.07, 6.45) is 4.83. The predicted molar refractivity (Wildman–Crippen MR) is 92.6 cm³/mol. The summed E-state index contributed by atoms with van der Waals surface area (Å²) in [6.45, 7) is 13.4. The summed E-state index contributed by atoms with van der Waals surface area (Å²) in [7, 11) is 0. The Balaban J connectivity index is 4.10. The van der Waals surface area contributed by atoms with Crippen molar-refractivity contribution >= 4 is 0 Å².